The molecule has 2 aromatic carbocycles. The molecular formula is C18H18O2S. The van der Waals surface area contributed by atoms with Crippen molar-refractivity contribution in [2.75, 3.05) is 6.61 Å². The second-order valence-corrected chi connectivity index (χ2v) is 5.92. The Balaban J connectivity index is 0.000000225. The van der Waals surface area contributed by atoms with Gasteiger partial charge in [0.1, 0.15) is 11.9 Å². The molecule has 1 unspecified atom stereocenters. The maximum absolute atomic E-state index is 8.99. The molecule has 1 heterocycles. The van der Waals surface area contributed by atoms with Gasteiger partial charge in [0.05, 0.1) is 0 Å². The van der Waals surface area contributed by atoms with Crippen LogP contribution in [0.3, 0.4) is 0 Å². The number of ether oxygens (including phenoxy) is 1. The molecule has 0 aliphatic heterocycles. The highest BCUT2D eigenvalue weighted by atomic mass is 32.1. The van der Waals surface area contributed by atoms with E-state index in [4.69, 9.17) is 9.84 Å². The minimum Gasteiger partial charge on any atom is -0.489 e. The molecule has 1 aliphatic carbocycles. The van der Waals surface area contributed by atoms with Crippen molar-refractivity contribution in [1.29, 1.82) is 0 Å². The first-order valence-corrected chi connectivity index (χ1v) is 8.05. The van der Waals surface area contributed by atoms with Crippen LogP contribution in [-0.2, 0) is 0 Å². The molecule has 2 atom stereocenters. The van der Waals surface area contributed by atoms with Crippen LogP contribution >= 0.6 is 11.3 Å². The molecule has 0 spiro atoms. The number of thiophene rings is 1. The Morgan fingerprint density at radius 3 is 2.43 bits per heavy atom. The number of fused-ring (bicyclic) bond motifs is 1. The highest BCUT2D eigenvalue weighted by Crippen LogP contribution is 2.36. The first kappa shape index (κ1) is 14.1. The van der Waals surface area contributed by atoms with Gasteiger partial charge in [0.15, 0.2) is 0 Å². The van der Waals surface area contributed by atoms with Crippen molar-refractivity contribution in [3.63, 3.8) is 0 Å². The van der Waals surface area contributed by atoms with Gasteiger partial charge in [-0.3, -0.25) is 0 Å². The molecule has 1 aromatic heterocycles. The Morgan fingerprint density at radius 1 is 1.00 bits per heavy atom. The van der Waals surface area contributed by atoms with Crippen LogP contribution in [0.1, 0.15) is 6.42 Å². The van der Waals surface area contributed by atoms with E-state index < -0.39 is 0 Å². The van der Waals surface area contributed by atoms with Crippen LogP contribution in [0.25, 0.3) is 10.8 Å². The standard InChI is InChI=1S/C14H14O2.C4H4S/c15-9-11-8-14(11)16-13-7-3-5-10-4-1-2-6-12(10)13;1-2-4-5-3-1/h1-7,11,14-15H,8-9H2;1-4H/t11?,14-;/m0./s1. The van der Waals surface area contributed by atoms with Crippen LogP contribution in [0, 0.1) is 5.92 Å². The molecule has 1 N–H and O–H groups in total. The summed E-state index contributed by atoms with van der Waals surface area (Å²) in [6.45, 7) is 0.232. The molecule has 21 heavy (non-hydrogen) atoms. The number of aliphatic hydroxyl groups is 1. The third kappa shape index (κ3) is 3.63. The molecule has 0 radical (unpaired) electrons. The molecule has 0 amide bonds. The second kappa shape index (κ2) is 6.74. The Hall–Kier alpha value is -1.84. The van der Waals surface area contributed by atoms with Crippen molar-refractivity contribution >= 4 is 22.1 Å². The molecule has 0 bridgehead atoms. The van der Waals surface area contributed by atoms with E-state index in [9.17, 15) is 0 Å². The van der Waals surface area contributed by atoms with Crippen molar-refractivity contribution in [2.24, 2.45) is 5.92 Å². The van der Waals surface area contributed by atoms with Gasteiger partial charge in [-0.15, -0.1) is 0 Å². The monoisotopic (exact) mass is 298 g/mol. The van der Waals surface area contributed by atoms with Crippen LogP contribution < -0.4 is 4.74 Å². The minimum atomic E-state index is 0.204. The average Bonchev–Trinajstić information content (AvgIpc) is 3.02. The number of aliphatic hydroxyl groups excluding tert-OH is 1. The molecular weight excluding hydrogens is 280 g/mol. The van der Waals surface area contributed by atoms with Crippen LogP contribution in [-0.4, -0.2) is 17.8 Å². The van der Waals surface area contributed by atoms with E-state index in [-0.39, 0.29) is 12.7 Å². The fourth-order valence-corrected chi connectivity index (χ4v) is 2.70. The van der Waals surface area contributed by atoms with Crippen LogP contribution in [0.2, 0.25) is 0 Å². The quantitative estimate of drug-likeness (QED) is 0.779. The zero-order valence-corrected chi connectivity index (χ0v) is 12.5. The Bertz CT molecular complexity index is 656. The number of hydrogen-bond donors (Lipinski definition) is 1. The summed E-state index contributed by atoms with van der Waals surface area (Å²) in [5.74, 6) is 1.26. The lowest BCUT2D eigenvalue weighted by atomic mass is 10.1. The maximum Gasteiger partial charge on any atom is 0.127 e. The zero-order valence-electron chi connectivity index (χ0n) is 11.7. The van der Waals surface area contributed by atoms with Gasteiger partial charge in [0.2, 0.25) is 0 Å². The Morgan fingerprint density at radius 2 is 1.76 bits per heavy atom. The first-order chi connectivity index (χ1) is 10.4. The van der Waals surface area contributed by atoms with Crippen LogP contribution in [0.5, 0.6) is 5.75 Å². The van der Waals surface area contributed by atoms with Crippen molar-refractivity contribution < 1.29 is 9.84 Å². The molecule has 0 saturated heterocycles. The molecule has 1 aliphatic rings. The smallest absolute Gasteiger partial charge is 0.127 e. The van der Waals surface area contributed by atoms with E-state index in [0.29, 0.717) is 5.92 Å². The third-order valence-electron chi connectivity index (χ3n) is 3.55. The summed E-state index contributed by atoms with van der Waals surface area (Å²) in [6.07, 6.45) is 1.18. The fraction of sp³-hybridized carbons (Fsp3) is 0.222. The highest BCUT2D eigenvalue weighted by Gasteiger charge is 2.38. The predicted molar refractivity (Wildman–Crippen MR) is 87.9 cm³/mol. The number of hydrogen-bond acceptors (Lipinski definition) is 3. The highest BCUT2D eigenvalue weighted by molar-refractivity contribution is 7.07. The van der Waals surface area contributed by atoms with E-state index in [1.165, 1.54) is 5.39 Å². The first-order valence-electron chi connectivity index (χ1n) is 7.11. The fourth-order valence-electron chi connectivity index (χ4n) is 2.24. The van der Waals surface area contributed by atoms with Gasteiger partial charge in [0, 0.05) is 17.9 Å². The van der Waals surface area contributed by atoms with Crippen molar-refractivity contribution in [2.45, 2.75) is 12.5 Å². The van der Waals surface area contributed by atoms with Crippen molar-refractivity contribution in [3.05, 3.63) is 65.4 Å². The zero-order chi connectivity index (χ0) is 14.5. The van der Waals surface area contributed by atoms with E-state index in [2.05, 4.69) is 18.2 Å². The number of rotatable bonds is 3. The minimum absolute atomic E-state index is 0.204. The van der Waals surface area contributed by atoms with Gasteiger partial charge in [0.25, 0.3) is 0 Å². The lowest BCUT2D eigenvalue weighted by Crippen LogP contribution is -2.02. The summed E-state index contributed by atoms with van der Waals surface area (Å²) in [4.78, 5) is 0. The average molecular weight is 298 g/mol. The van der Waals surface area contributed by atoms with Gasteiger partial charge in [-0.2, -0.15) is 11.3 Å². The summed E-state index contributed by atoms with van der Waals surface area (Å²) in [5.41, 5.74) is 0. The Kier molecular flexibility index (Phi) is 4.53. The largest absolute Gasteiger partial charge is 0.489 e. The van der Waals surface area contributed by atoms with Crippen LogP contribution in [0.4, 0.5) is 0 Å². The van der Waals surface area contributed by atoms with E-state index in [1.807, 2.05) is 47.2 Å². The summed E-state index contributed by atoms with van der Waals surface area (Å²) < 4.78 is 5.88. The van der Waals surface area contributed by atoms with Gasteiger partial charge in [-0.25, -0.2) is 0 Å². The van der Waals surface area contributed by atoms with E-state index >= 15 is 0 Å². The molecule has 2 nitrogen and oxygen atoms in total. The molecule has 108 valence electrons. The van der Waals surface area contributed by atoms with Gasteiger partial charge < -0.3 is 9.84 Å². The third-order valence-corrected chi connectivity index (χ3v) is 4.17. The molecule has 3 heteroatoms. The molecule has 3 aromatic rings. The van der Waals surface area contributed by atoms with E-state index in [0.717, 1.165) is 17.6 Å². The lowest BCUT2D eigenvalue weighted by molar-refractivity contribution is 0.226. The van der Waals surface area contributed by atoms with Crippen LogP contribution in [0.15, 0.2) is 65.4 Å². The Labute approximate surface area is 128 Å². The SMILES string of the molecule is OCC1C[C@@H]1Oc1cccc2ccccc12.c1ccsc1. The maximum atomic E-state index is 8.99. The normalized spacial score (nSPS) is 19.7. The predicted octanol–water partition coefficient (Wildman–Crippen LogP) is 4.35. The van der Waals surface area contributed by atoms with Gasteiger partial charge in [-0.1, -0.05) is 48.5 Å². The summed E-state index contributed by atoms with van der Waals surface area (Å²) in [5, 5.41) is 15.4. The summed E-state index contributed by atoms with van der Waals surface area (Å²) >= 11 is 1.71. The molecule has 1 fully saturated rings. The summed E-state index contributed by atoms with van der Waals surface area (Å²) in [7, 11) is 0. The number of benzene rings is 2. The van der Waals surface area contributed by atoms with Gasteiger partial charge >= 0.3 is 0 Å². The summed E-state index contributed by atoms with van der Waals surface area (Å²) in [6, 6.07) is 18.3. The topological polar surface area (TPSA) is 29.5 Å². The second-order valence-electron chi connectivity index (χ2n) is 5.11. The van der Waals surface area contributed by atoms with Crippen molar-refractivity contribution in [3.8, 4) is 5.75 Å². The molecule has 1 saturated carbocycles. The lowest BCUT2D eigenvalue weighted by Gasteiger charge is -2.08. The van der Waals surface area contributed by atoms with Crippen molar-refractivity contribution in [1.82, 2.24) is 0 Å². The molecule has 4 rings (SSSR count). The van der Waals surface area contributed by atoms with E-state index in [1.54, 1.807) is 11.3 Å². The van der Waals surface area contributed by atoms with Gasteiger partial charge in [-0.05, 0) is 28.6 Å².